The van der Waals surface area contributed by atoms with E-state index in [1.807, 2.05) is 6.08 Å². The number of fused-ring (bicyclic) bond motifs is 5. The monoisotopic (exact) mass is 310 g/mol. The van der Waals surface area contributed by atoms with Gasteiger partial charge in [-0.2, -0.15) is 0 Å². The van der Waals surface area contributed by atoms with Gasteiger partial charge in [-0.15, -0.1) is 6.58 Å². The van der Waals surface area contributed by atoms with Crippen LogP contribution in [0.2, 0.25) is 0 Å². The molecule has 0 saturated heterocycles. The lowest BCUT2D eigenvalue weighted by molar-refractivity contribution is -0.115. The summed E-state index contributed by atoms with van der Waals surface area (Å²) in [5.41, 5.74) is 1.78. The lowest BCUT2D eigenvalue weighted by Crippen LogP contribution is -2.49. The van der Waals surface area contributed by atoms with Crippen LogP contribution in [0.4, 0.5) is 0 Å². The zero-order chi connectivity index (χ0) is 16.5. The molecule has 1 saturated carbocycles. The first-order chi connectivity index (χ1) is 10.8. The number of ketones is 1. The van der Waals surface area contributed by atoms with Crippen LogP contribution >= 0.6 is 0 Å². The zero-order valence-electron chi connectivity index (χ0n) is 14.1. The van der Waals surface area contributed by atoms with Gasteiger partial charge in [-0.1, -0.05) is 43.7 Å². The van der Waals surface area contributed by atoms with Crippen LogP contribution in [0.15, 0.2) is 48.1 Å². The molecule has 23 heavy (non-hydrogen) atoms. The molecular weight excluding hydrogens is 284 g/mol. The number of carbonyl (C=O) groups excluding carboxylic acids is 1. The predicted molar refractivity (Wildman–Crippen MR) is 91.7 cm³/mol. The van der Waals surface area contributed by atoms with Gasteiger partial charge in [-0.3, -0.25) is 4.79 Å². The summed E-state index contributed by atoms with van der Waals surface area (Å²) in [6, 6.07) is 0. The normalized spacial score (nSPS) is 48.0. The molecule has 4 rings (SSSR count). The van der Waals surface area contributed by atoms with Gasteiger partial charge in [0.1, 0.15) is 0 Å². The Morgan fingerprint density at radius 3 is 2.87 bits per heavy atom. The Bertz CT molecular complexity index is 682. The average Bonchev–Trinajstić information content (AvgIpc) is 2.80. The van der Waals surface area contributed by atoms with Gasteiger partial charge < -0.3 is 5.11 Å². The van der Waals surface area contributed by atoms with Gasteiger partial charge in [-0.05, 0) is 43.3 Å². The molecule has 122 valence electrons. The third-order valence-corrected chi connectivity index (χ3v) is 7.47. The summed E-state index contributed by atoms with van der Waals surface area (Å²) in [7, 11) is 0. The Morgan fingerprint density at radius 1 is 1.35 bits per heavy atom. The highest BCUT2D eigenvalue weighted by molar-refractivity contribution is 5.92. The SMILES string of the molecule is C=CC1(O)CCC2C3C=CC4=CC(=O)CCC4(C)C3=CCC21C. The molecule has 5 atom stereocenters. The molecule has 2 heteroatoms. The quantitative estimate of drug-likeness (QED) is 0.739. The predicted octanol–water partition coefficient (Wildman–Crippen LogP) is 4.13. The molecule has 1 N–H and O–H groups in total. The number of aliphatic hydroxyl groups is 1. The number of hydrogen-bond donors (Lipinski definition) is 1. The molecule has 0 aliphatic heterocycles. The number of hydrogen-bond acceptors (Lipinski definition) is 2. The van der Waals surface area contributed by atoms with Gasteiger partial charge in [0.15, 0.2) is 5.78 Å². The smallest absolute Gasteiger partial charge is 0.156 e. The van der Waals surface area contributed by atoms with Crippen LogP contribution < -0.4 is 0 Å². The van der Waals surface area contributed by atoms with Crippen molar-refractivity contribution < 1.29 is 9.90 Å². The van der Waals surface area contributed by atoms with E-state index in [1.54, 1.807) is 6.08 Å². The van der Waals surface area contributed by atoms with Gasteiger partial charge in [0.05, 0.1) is 5.60 Å². The summed E-state index contributed by atoms with van der Waals surface area (Å²) in [4.78, 5) is 11.8. The van der Waals surface area contributed by atoms with Crippen molar-refractivity contribution >= 4 is 5.78 Å². The Kier molecular flexibility index (Phi) is 3.01. The van der Waals surface area contributed by atoms with Crippen LogP contribution in [-0.4, -0.2) is 16.5 Å². The summed E-state index contributed by atoms with van der Waals surface area (Å²) in [6.07, 6.45) is 14.8. The molecule has 0 radical (unpaired) electrons. The molecule has 0 aromatic carbocycles. The van der Waals surface area contributed by atoms with Crippen molar-refractivity contribution in [2.24, 2.45) is 22.7 Å². The van der Waals surface area contributed by atoms with Crippen molar-refractivity contribution in [3.05, 3.63) is 48.1 Å². The molecule has 0 aromatic heterocycles. The molecule has 2 nitrogen and oxygen atoms in total. The molecule has 0 aromatic rings. The highest BCUT2D eigenvalue weighted by atomic mass is 16.3. The van der Waals surface area contributed by atoms with E-state index in [-0.39, 0.29) is 16.6 Å². The van der Waals surface area contributed by atoms with Crippen LogP contribution in [0.5, 0.6) is 0 Å². The van der Waals surface area contributed by atoms with E-state index < -0.39 is 5.60 Å². The van der Waals surface area contributed by atoms with Crippen molar-refractivity contribution in [2.45, 2.75) is 51.6 Å². The Balaban J connectivity index is 1.81. The Morgan fingerprint density at radius 2 is 2.13 bits per heavy atom. The molecule has 4 aliphatic rings. The number of carbonyl (C=O) groups is 1. The molecule has 5 unspecified atom stereocenters. The first-order valence-electron chi connectivity index (χ1n) is 8.84. The van der Waals surface area contributed by atoms with Crippen LogP contribution in [-0.2, 0) is 4.79 Å². The number of allylic oxidation sites excluding steroid dienone is 6. The minimum atomic E-state index is -0.757. The molecular formula is C21H26O2. The van der Waals surface area contributed by atoms with E-state index in [0.717, 1.165) is 25.7 Å². The minimum absolute atomic E-state index is 0.00351. The summed E-state index contributed by atoms with van der Waals surface area (Å²) in [6.45, 7) is 8.43. The van der Waals surface area contributed by atoms with E-state index in [1.165, 1.54) is 11.1 Å². The van der Waals surface area contributed by atoms with Crippen LogP contribution in [0.3, 0.4) is 0 Å². The summed E-state index contributed by atoms with van der Waals surface area (Å²) < 4.78 is 0. The van der Waals surface area contributed by atoms with Crippen LogP contribution in [0, 0.1) is 22.7 Å². The molecule has 1 fully saturated rings. The van der Waals surface area contributed by atoms with Crippen molar-refractivity contribution in [1.82, 2.24) is 0 Å². The first kappa shape index (κ1) is 15.1. The Hall–Kier alpha value is -1.41. The fourth-order valence-corrected chi connectivity index (χ4v) is 5.72. The summed E-state index contributed by atoms with van der Waals surface area (Å²) >= 11 is 0. The van der Waals surface area contributed by atoms with Gasteiger partial charge in [0, 0.05) is 23.2 Å². The lowest BCUT2D eigenvalue weighted by Gasteiger charge is -2.52. The van der Waals surface area contributed by atoms with Crippen molar-refractivity contribution in [1.29, 1.82) is 0 Å². The van der Waals surface area contributed by atoms with Crippen LogP contribution in [0.1, 0.15) is 46.0 Å². The van der Waals surface area contributed by atoms with E-state index in [4.69, 9.17) is 0 Å². The van der Waals surface area contributed by atoms with Crippen molar-refractivity contribution in [2.75, 3.05) is 0 Å². The summed E-state index contributed by atoms with van der Waals surface area (Å²) in [5.74, 6) is 1.10. The molecule has 0 heterocycles. The minimum Gasteiger partial charge on any atom is -0.385 e. The topological polar surface area (TPSA) is 37.3 Å². The summed E-state index contributed by atoms with van der Waals surface area (Å²) in [5, 5.41) is 11.0. The van der Waals surface area contributed by atoms with Crippen molar-refractivity contribution in [3.63, 3.8) is 0 Å². The standard InChI is InChI=1S/C21H26O2/c1-4-21(23)12-9-18-16-6-5-14-13-15(22)7-10-19(14,2)17(16)8-11-20(18,21)3/h4-6,8,13,16,18,23H,1,7,9-12H2,2-3H3. The van der Waals surface area contributed by atoms with Gasteiger partial charge in [0.25, 0.3) is 0 Å². The van der Waals surface area contributed by atoms with E-state index >= 15 is 0 Å². The molecule has 0 spiro atoms. The zero-order valence-corrected chi connectivity index (χ0v) is 14.1. The molecule has 0 bridgehead atoms. The average molecular weight is 310 g/mol. The van der Waals surface area contributed by atoms with Gasteiger partial charge >= 0.3 is 0 Å². The van der Waals surface area contributed by atoms with Gasteiger partial charge in [0.2, 0.25) is 0 Å². The lowest BCUT2D eigenvalue weighted by atomic mass is 9.52. The second-order valence-corrected chi connectivity index (χ2v) is 8.34. The maximum Gasteiger partial charge on any atom is 0.156 e. The second-order valence-electron chi connectivity index (χ2n) is 8.34. The van der Waals surface area contributed by atoms with E-state index in [9.17, 15) is 9.90 Å². The first-order valence-corrected chi connectivity index (χ1v) is 8.84. The third-order valence-electron chi connectivity index (χ3n) is 7.47. The fraction of sp³-hybridized carbons (Fsp3) is 0.571. The van der Waals surface area contributed by atoms with Gasteiger partial charge in [-0.25, -0.2) is 0 Å². The maximum absolute atomic E-state index is 11.8. The maximum atomic E-state index is 11.8. The van der Waals surface area contributed by atoms with E-state index in [0.29, 0.717) is 18.3 Å². The molecule has 4 aliphatic carbocycles. The number of rotatable bonds is 1. The second kappa shape index (κ2) is 4.57. The Labute approximate surface area is 138 Å². The van der Waals surface area contributed by atoms with E-state index in [2.05, 4.69) is 38.7 Å². The highest BCUT2D eigenvalue weighted by Gasteiger charge is 2.60. The largest absolute Gasteiger partial charge is 0.385 e. The highest BCUT2D eigenvalue weighted by Crippen LogP contribution is 2.64. The molecule has 0 amide bonds. The van der Waals surface area contributed by atoms with Crippen molar-refractivity contribution in [3.8, 4) is 0 Å². The fourth-order valence-electron chi connectivity index (χ4n) is 5.72. The third kappa shape index (κ3) is 1.76. The van der Waals surface area contributed by atoms with Crippen LogP contribution in [0.25, 0.3) is 0 Å².